The van der Waals surface area contributed by atoms with Crippen LogP contribution >= 0.6 is 11.8 Å². The number of hydrogen-bond acceptors (Lipinski definition) is 3. The summed E-state index contributed by atoms with van der Waals surface area (Å²) in [7, 11) is 0. The molecular formula is C24H32N2O2S. The van der Waals surface area contributed by atoms with Crippen molar-refractivity contribution in [3.05, 3.63) is 71.3 Å². The van der Waals surface area contributed by atoms with Crippen molar-refractivity contribution in [3.63, 3.8) is 0 Å². The van der Waals surface area contributed by atoms with Gasteiger partial charge in [0, 0.05) is 31.0 Å². The highest BCUT2D eigenvalue weighted by atomic mass is 32.2. The molecule has 1 atom stereocenters. The fraction of sp³-hybridized carbons (Fsp3) is 0.417. The third kappa shape index (κ3) is 7.94. The van der Waals surface area contributed by atoms with Gasteiger partial charge in [-0.25, -0.2) is 0 Å². The fourth-order valence-electron chi connectivity index (χ4n) is 2.94. The first-order valence-electron chi connectivity index (χ1n) is 10.3. The van der Waals surface area contributed by atoms with Crippen LogP contribution in [-0.2, 0) is 21.9 Å². The van der Waals surface area contributed by atoms with E-state index in [0.29, 0.717) is 19.5 Å². The topological polar surface area (TPSA) is 49.4 Å². The average Bonchev–Trinajstić information content (AvgIpc) is 2.74. The summed E-state index contributed by atoms with van der Waals surface area (Å²) in [6.45, 7) is 6.95. The minimum atomic E-state index is -0.491. The maximum Gasteiger partial charge on any atom is 0.242 e. The number of hydrogen-bond donors (Lipinski definition) is 1. The zero-order valence-corrected chi connectivity index (χ0v) is 18.5. The van der Waals surface area contributed by atoms with Gasteiger partial charge in [0.25, 0.3) is 0 Å². The Morgan fingerprint density at radius 2 is 1.72 bits per heavy atom. The van der Waals surface area contributed by atoms with Crippen LogP contribution in [0, 0.1) is 6.92 Å². The molecule has 4 nitrogen and oxygen atoms in total. The van der Waals surface area contributed by atoms with Gasteiger partial charge < -0.3 is 10.2 Å². The molecule has 1 N–H and O–H groups in total. The van der Waals surface area contributed by atoms with E-state index in [-0.39, 0.29) is 11.8 Å². The summed E-state index contributed by atoms with van der Waals surface area (Å²) in [5.74, 6) is 1.55. The van der Waals surface area contributed by atoms with E-state index in [0.717, 1.165) is 23.5 Å². The summed E-state index contributed by atoms with van der Waals surface area (Å²) in [5.41, 5.74) is 3.47. The lowest BCUT2D eigenvalue weighted by Crippen LogP contribution is -2.47. The highest BCUT2D eigenvalue weighted by molar-refractivity contribution is 7.98. The number of aryl methyl sites for hydroxylation is 1. The highest BCUT2D eigenvalue weighted by Crippen LogP contribution is 2.16. The van der Waals surface area contributed by atoms with Crippen LogP contribution in [0.4, 0.5) is 0 Å². The Balaban J connectivity index is 1.97. The van der Waals surface area contributed by atoms with Crippen LogP contribution in [0.25, 0.3) is 0 Å². The molecule has 2 aromatic carbocycles. The first-order valence-corrected chi connectivity index (χ1v) is 11.4. The van der Waals surface area contributed by atoms with Crippen molar-refractivity contribution >= 4 is 23.6 Å². The van der Waals surface area contributed by atoms with E-state index in [1.165, 1.54) is 11.1 Å². The molecule has 0 aliphatic carbocycles. The monoisotopic (exact) mass is 412 g/mol. The molecule has 0 aliphatic heterocycles. The molecule has 5 heteroatoms. The number of carbonyl (C=O) groups excluding carboxylic acids is 2. The predicted octanol–water partition coefficient (Wildman–Crippen LogP) is 4.56. The maximum atomic E-state index is 13.0. The molecule has 0 saturated heterocycles. The second-order valence-corrected chi connectivity index (χ2v) is 8.37. The second kappa shape index (κ2) is 12.3. The van der Waals surface area contributed by atoms with Crippen LogP contribution in [0.1, 0.15) is 43.4 Å². The Morgan fingerprint density at radius 1 is 1.03 bits per heavy atom. The molecule has 0 radical (unpaired) electrons. The van der Waals surface area contributed by atoms with Crippen LogP contribution in [0.5, 0.6) is 0 Å². The summed E-state index contributed by atoms with van der Waals surface area (Å²) in [5, 5.41) is 2.91. The Hall–Kier alpha value is -2.27. The number of carbonyl (C=O) groups is 2. The van der Waals surface area contributed by atoms with Crippen LogP contribution in [0.15, 0.2) is 54.6 Å². The number of nitrogens with one attached hydrogen (secondary N) is 1. The summed E-state index contributed by atoms with van der Waals surface area (Å²) >= 11 is 1.75. The van der Waals surface area contributed by atoms with Crippen molar-refractivity contribution in [2.75, 3.05) is 12.3 Å². The Kier molecular flexibility index (Phi) is 9.78. The van der Waals surface area contributed by atoms with Crippen LogP contribution in [-0.4, -0.2) is 35.1 Å². The number of rotatable bonds is 11. The molecule has 0 fully saturated rings. The smallest absolute Gasteiger partial charge is 0.242 e. The average molecular weight is 413 g/mol. The van der Waals surface area contributed by atoms with Crippen molar-refractivity contribution in [1.29, 1.82) is 0 Å². The number of amides is 2. The van der Waals surface area contributed by atoms with E-state index in [2.05, 4.69) is 17.4 Å². The summed E-state index contributed by atoms with van der Waals surface area (Å²) in [6.07, 6.45) is 1.30. The van der Waals surface area contributed by atoms with Gasteiger partial charge in [-0.05, 0) is 31.4 Å². The summed E-state index contributed by atoms with van der Waals surface area (Å²) in [4.78, 5) is 27.2. The Labute approximate surface area is 179 Å². The van der Waals surface area contributed by atoms with Gasteiger partial charge in [0.05, 0.1) is 0 Å². The van der Waals surface area contributed by atoms with Crippen molar-refractivity contribution in [1.82, 2.24) is 10.2 Å². The molecule has 0 bridgehead atoms. The zero-order chi connectivity index (χ0) is 21.1. The fourth-order valence-corrected chi connectivity index (χ4v) is 3.83. The normalized spacial score (nSPS) is 11.7. The lowest BCUT2D eigenvalue weighted by atomic mass is 10.1. The standard InChI is InChI=1S/C24H32N2O2S/c1-4-15-25-24(28)20(3)26(17-21-12-10-19(2)11-13-21)23(27)14-16-29-18-22-8-6-5-7-9-22/h5-13,20H,4,14-18H2,1-3H3,(H,25,28). The first-order chi connectivity index (χ1) is 14.0. The van der Waals surface area contributed by atoms with Gasteiger partial charge in [-0.1, -0.05) is 67.1 Å². The maximum absolute atomic E-state index is 13.0. The Bertz CT molecular complexity index is 762. The number of benzene rings is 2. The number of thioether (sulfide) groups is 1. The van der Waals surface area contributed by atoms with E-state index < -0.39 is 6.04 Å². The molecular weight excluding hydrogens is 380 g/mol. The van der Waals surface area contributed by atoms with Gasteiger partial charge in [0.15, 0.2) is 0 Å². The van der Waals surface area contributed by atoms with E-state index in [4.69, 9.17) is 0 Å². The van der Waals surface area contributed by atoms with Gasteiger partial charge in [-0.15, -0.1) is 0 Å². The Morgan fingerprint density at radius 3 is 2.38 bits per heavy atom. The number of nitrogens with zero attached hydrogens (tertiary/aromatic N) is 1. The molecule has 2 amide bonds. The summed E-state index contributed by atoms with van der Waals surface area (Å²) in [6, 6.07) is 17.9. The minimum absolute atomic E-state index is 0.0188. The van der Waals surface area contributed by atoms with E-state index in [9.17, 15) is 9.59 Å². The molecule has 0 saturated carbocycles. The van der Waals surface area contributed by atoms with Crippen molar-refractivity contribution in [3.8, 4) is 0 Å². The summed E-state index contributed by atoms with van der Waals surface area (Å²) < 4.78 is 0. The van der Waals surface area contributed by atoms with Gasteiger partial charge >= 0.3 is 0 Å². The van der Waals surface area contributed by atoms with Crippen molar-refractivity contribution in [2.24, 2.45) is 0 Å². The highest BCUT2D eigenvalue weighted by Gasteiger charge is 2.25. The van der Waals surface area contributed by atoms with Crippen LogP contribution < -0.4 is 5.32 Å². The third-order valence-corrected chi connectivity index (χ3v) is 5.79. The molecule has 2 rings (SSSR count). The SMILES string of the molecule is CCCNC(=O)C(C)N(Cc1ccc(C)cc1)C(=O)CCSCc1ccccc1. The van der Waals surface area contributed by atoms with Gasteiger partial charge in [-0.2, -0.15) is 11.8 Å². The second-order valence-electron chi connectivity index (χ2n) is 7.26. The van der Waals surface area contributed by atoms with Crippen molar-refractivity contribution < 1.29 is 9.59 Å². The molecule has 29 heavy (non-hydrogen) atoms. The van der Waals surface area contributed by atoms with Gasteiger partial charge in [0.1, 0.15) is 6.04 Å². The molecule has 1 unspecified atom stereocenters. The minimum Gasteiger partial charge on any atom is -0.354 e. The predicted molar refractivity (Wildman–Crippen MR) is 122 cm³/mol. The first kappa shape index (κ1) is 23.0. The van der Waals surface area contributed by atoms with E-state index in [1.54, 1.807) is 16.7 Å². The van der Waals surface area contributed by atoms with Crippen LogP contribution in [0.3, 0.4) is 0 Å². The zero-order valence-electron chi connectivity index (χ0n) is 17.7. The van der Waals surface area contributed by atoms with E-state index >= 15 is 0 Å². The van der Waals surface area contributed by atoms with Gasteiger partial charge in [0.2, 0.25) is 11.8 Å². The quantitative estimate of drug-likeness (QED) is 0.550. The largest absolute Gasteiger partial charge is 0.354 e. The third-order valence-electron chi connectivity index (χ3n) is 4.76. The molecule has 0 aromatic heterocycles. The van der Waals surface area contributed by atoms with E-state index in [1.807, 2.05) is 63.2 Å². The van der Waals surface area contributed by atoms with Gasteiger partial charge in [-0.3, -0.25) is 9.59 Å². The molecule has 0 aliphatic rings. The molecule has 2 aromatic rings. The van der Waals surface area contributed by atoms with Crippen LogP contribution in [0.2, 0.25) is 0 Å². The molecule has 0 heterocycles. The molecule has 0 spiro atoms. The molecule has 156 valence electrons. The lowest BCUT2D eigenvalue weighted by molar-refractivity contribution is -0.140. The van der Waals surface area contributed by atoms with Crippen molar-refractivity contribution in [2.45, 2.75) is 52.0 Å². The lowest BCUT2D eigenvalue weighted by Gasteiger charge is -2.29.